The molecular weight excluding hydrogens is 201 g/mol. The molecule has 0 heterocycles. The van der Waals surface area contributed by atoms with Crippen molar-refractivity contribution in [1.29, 1.82) is 0 Å². The van der Waals surface area contributed by atoms with Gasteiger partial charge in [-0.1, -0.05) is 44.0 Å². The molecule has 0 aromatic heterocycles. The molecule has 0 amide bonds. The van der Waals surface area contributed by atoms with E-state index in [1.165, 1.54) is 6.07 Å². The number of nitrogens with two attached hydrogens (primary N) is 1. The molecule has 78 valence electrons. The topological polar surface area (TPSA) is 26.0 Å². The molecule has 0 saturated carbocycles. The second kappa shape index (κ2) is 4.76. The fourth-order valence-electron chi connectivity index (χ4n) is 1.34. The Labute approximate surface area is 89.1 Å². The first kappa shape index (κ1) is 11.5. The highest BCUT2D eigenvalue weighted by atomic mass is 35.5. The van der Waals surface area contributed by atoms with Crippen molar-refractivity contribution >= 4 is 11.6 Å². The maximum absolute atomic E-state index is 13.5. The van der Waals surface area contributed by atoms with Crippen LogP contribution < -0.4 is 5.73 Å². The zero-order valence-electron chi connectivity index (χ0n) is 8.43. The first-order chi connectivity index (χ1) is 6.57. The number of benzene rings is 1. The maximum Gasteiger partial charge on any atom is 0.146 e. The smallest absolute Gasteiger partial charge is 0.146 e. The van der Waals surface area contributed by atoms with Crippen LogP contribution in [0.5, 0.6) is 0 Å². The van der Waals surface area contributed by atoms with Crippen LogP contribution >= 0.6 is 11.6 Å². The van der Waals surface area contributed by atoms with Gasteiger partial charge in [-0.2, -0.15) is 0 Å². The van der Waals surface area contributed by atoms with E-state index in [1.54, 1.807) is 12.1 Å². The lowest BCUT2D eigenvalue weighted by molar-refractivity contribution is 0.439. The molecule has 0 aliphatic heterocycles. The van der Waals surface area contributed by atoms with Crippen LogP contribution in [-0.4, -0.2) is 0 Å². The van der Waals surface area contributed by atoms with Crippen LogP contribution in [0.3, 0.4) is 0 Å². The summed E-state index contributed by atoms with van der Waals surface area (Å²) in [4.78, 5) is 0. The molecule has 2 atom stereocenters. The van der Waals surface area contributed by atoms with Crippen molar-refractivity contribution < 1.29 is 4.39 Å². The van der Waals surface area contributed by atoms with Crippen molar-refractivity contribution in [3.05, 3.63) is 34.6 Å². The Kier molecular flexibility index (Phi) is 3.90. The zero-order chi connectivity index (χ0) is 10.7. The molecular formula is C11H15ClFN. The Morgan fingerprint density at radius 1 is 1.50 bits per heavy atom. The van der Waals surface area contributed by atoms with E-state index in [4.69, 9.17) is 17.3 Å². The van der Waals surface area contributed by atoms with Crippen molar-refractivity contribution in [3.63, 3.8) is 0 Å². The molecule has 1 aromatic carbocycles. The normalized spacial score (nSPS) is 15.2. The molecule has 1 aromatic rings. The Morgan fingerprint density at radius 2 is 2.14 bits per heavy atom. The monoisotopic (exact) mass is 215 g/mol. The van der Waals surface area contributed by atoms with Gasteiger partial charge in [0.05, 0.1) is 5.02 Å². The molecule has 0 bridgehead atoms. The van der Waals surface area contributed by atoms with Crippen LogP contribution in [0.15, 0.2) is 18.2 Å². The fourth-order valence-corrected chi connectivity index (χ4v) is 1.52. The van der Waals surface area contributed by atoms with E-state index in [2.05, 4.69) is 0 Å². The average Bonchev–Trinajstić information content (AvgIpc) is 2.20. The summed E-state index contributed by atoms with van der Waals surface area (Å²) >= 11 is 5.68. The van der Waals surface area contributed by atoms with Gasteiger partial charge in [0.2, 0.25) is 0 Å². The lowest BCUT2D eigenvalue weighted by Crippen LogP contribution is -2.19. The SMILES string of the molecule is CCC(C)[C@@H](N)c1cccc(Cl)c1F. The predicted octanol–water partition coefficient (Wildman–Crippen LogP) is 3.53. The minimum Gasteiger partial charge on any atom is -0.324 e. The van der Waals surface area contributed by atoms with Gasteiger partial charge in [-0.3, -0.25) is 0 Å². The largest absolute Gasteiger partial charge is 0.324 e. The molecule has 0 aliphatic carbocycles. The molecule has 0 spiro atoms. The van der Waals surface area contributed by atoms with E-state index in [-0.39, 0.29) is 22.8 Å². The van der Waals surface area contributed by atoms with Gasteiger partial charge in [0.1, 0.15) is 5.82 Å². The highest BCUT2D eigenvalue weighted by Gasteiger charge is 2.18. The lowest BCUT2D eigenvalue weighted by atomic mass is 9.93. The van der Waals surface area contributed by atoms with Gasteiger partial charge in [-0.15, -0.1) is 0 Å². The van der Waals surface area contributed by atoms with Gasteiger partial charge < -0.3 is 5.73 Å². The van der Waals surface area contributed by atoms with Gasteiger partial charge in [-0.25, -0.2) is 4.39 Å². The van der Waals surface area contributed by atoms with E-state index in [9.17, 15) is 4.39 Å². The third-order valence-corrected chi connectivity index (χ3v) is 2.89. The van der Waals surface area contributed by atoms with Gasteiger partial charge in [-0.05, 0) is 12.0 Å². The molecule has 2 N–H and O–H groups in total. The Bertz CT molecular complexity index is 314. The van der Waals surface area contributed by atoms with Crippen molar-refractivity contribution in [3.8, 4) is 0 Å². The molecule has 1 unspecified atom stereocenters. The molecule has 3 heteroatoms. The van der Waals surface area contributed by atoms with Crippen LogP contribution in [-0.2, 0) is 0 Å². The van der Waals surface area contributed by atoms with Crippen molar-refractivity contribution in [1.82, 2.24) is 0 Å². The highest BCUT2D eigenvalue weighted by molar-refractivity contribution is 6.30. The molecule has 14 heavy (non-hydrogen) atoms. The van der Waals surface area contributed by atoms with E-state index in [1.807, 2.05) is 13.8 Å². The van der Waals surface area contributed by atoms with E-state index < -0.39 is 0 Å². The van der Waals surface area contributed by atoms with Crippen molar-refractivity contribution in [2.24, 2.45) is 11.7 Å². The van der Waals surface area contributed by atoms with Crippen LogP contribution in [0.2, 0.25) is 5.02 Å². The van der Waals surface area contributed by atoms with Crippen LogP contribution in [0.4, 0.5) is 4.39 Å². The van der Waals surface area contributed by atoms with E-state index >= 15 is 0 Å². The summed E-state index contributed by atoms with van der Waals surface area (Å²) in [5.74, 6) is -0.134. The van der Waals surface area contributed by atoms with Crippen LogP contribution in [0, 0.1) is 11.7 Å². The summed E-state index contributed by atoms with van der Waals surface area (Å²) in [5.41, 5.74) is 6.43. The Balaban J connectivity index is 3.01. The van der Waals surface area contributed by atoms with E-state index in [0.717, 1.165) is 6.42 Å². The molecule has 0 fully saturated rings. The summed E-state index contributed by atoms with van der Waals surface area (Å²) < 4.78 is 13.5. The van der Waals surface area contributed by atoms with Gasteiger partial charge >= 0.3 is 0 Å². The zero-order valence-corrected chi connectivity index (χ0v) is 9.18. The van der Waals surface area contributed by atoms with E-state index in [0.29, 0.717) is 5.56 Å². The highest BCUT2D eigenvalue weighted by Crippen LogP contribution is 2.27. The Hall–Kier alpha value is -0.600. The number of rotatable bonds is 3. The predicted molar refractivity (Wildman–Crippen MR) is 57.8 cm³/mol. The second-order valence-electron chi connectivity index (χ2n) is 3.55. The lowest BCUT2D eigenvalue weighted by Gasteiger charge is -2.19. The van der Waals surface area contributed by atoms with Gasteiger partial charge in [0.25, 0.3) is 0 Å². The molecule has 0 radical (unpaired) electrons. The average molecular weight is 216 g/mol. The van der Waals surface area contributed by atoms with Crippen molar-refractivity contribution in [2.45, 2.75) is 26.3 Å². The third-order valence-electron chi connectivity index (χ3n) is 2.60. The summed E-state index contributed by atoms with van der Waals surface area (Å²) in [6.07, 6.45) is 0.924. The molecule has 0 aliphatic rings. The summed E-state index contributed by atoms with van der Waals surface area (Å²) in [5, 5.41) is 0.140. The molecule has 1 rings (SSSR count). The minimum atomic E-state index is -0.387. The standard InChI is InChI=1S/C11H15ClFN/c1-3-7(2)11(14)8-5-4-6-9(12)10(8)13/h4-7,11H,3,14H2,1-2H3/t7?,11-/m1/s1. The van der Waals surface area contributed by atoms with Gasteiger partial charge in [0.15, 0.2) is 0 Å². The molecule has 0 saturated heterocycles. The molecule has 1 nitrogen and oxygen atoms in total. The van der Waals surface area contributed by atoms with Crippen LogP contribution in [0.1, 0.15) is 31.9 Å². The van der Waals surface area contributed by atoms with Crippen LogP contribution in [0.25, 0.3) is 0 Å². The number of hydrogen-bond donors (Lipinski definition) is 1. The van der Waals surface area contributed by atoms with Gasteiger partial charge in [0, 0.05) is 11.6 Å². The number of halogens is 2. The summed E-state index contributed by atoms with van der Waals surface area (Å²) in [6.45, 7) is 4.04. The Morgan fingerprint density at radius 3 is 2.71 bits per heavy atom. The minimum absolute atomic E-state index is 0.140. The first-order valence-corrected chi connectivity index (χ1v) is 5.15. The summed E-state index contributed by atoms with van der Waals surface area (Å²) in [7, 11) is 0. The summed E-state index contributed by atoms with van der Waals surface area (Å²) in [6, 6.07) is 4.67. The quantitative estimate of drug-likeness (QED) is 0.820. The third kappa shape index (κ3) is 2.25. The second-order valence-corrected chi connectivity index (χ2v) is 3.96. The first-order valence-electron chi connectivity index (χ1n) is 4.77. The fraction of sp³-hybridized carbons (Fsp3) is 0.455. The maximum atomic E-state index is 13.5. The van der Waals surface area contributed by atoms with Crippen molar-refractivity contribution in [2.75, 3.05) is 0 Å². The number of hydrogen-bond acceptors (Lipinski definition) is 1.